The maximum Gasteiger partial charge on any atom is 0.126 e. The molecule has 1 aliphatic carbocycles. The molecule has 1 aliphatic rings. The van der Waals surface area contributed by atoms with E-state index in [0.717, 1.165) is 23.2 Å². The van der Waals surface area contributed by atoms with E-state index in [9.17, 15) is 4.39 Å². The molecule has 1 fully saturated rings. The zero-order valence-electron chi connectivity index (χ0n) is 11.4. The Morgan fingerprint density at radius 3 is 2.75 bits per heavy atom. The molecular formula is C17H17ClFN. The first-order chi connectivity index (χ1) is 9.65. The van der Waals surface area contributed by atoms with Crippen LogP contribution < -0.4 is 5.32 Å². The average Bonchev–Trinajstić information content (AvgIpc) is 3.25. The second kappa shape index (κ2) is 5.55. The molecule has 20 heavy (non-hydrogen) atoms. The molecule has 0 bridgehead atoms. The van der Waals surface area contributed by atoms with Crippen LogP contribution in [0.15, 0.2) is 36.4 Å². The summed E-state index contributed by atoms with van der Waals surface area (Å²) in [5.41, 5.74) is 3.76. The van der Waals surface area contributed by atoms with Crippen molar-refractivity contribution in [1.29, 1.82) is 0 Å². The zero-order valence-corrected chi connectivity index (χ0v) is 12.2. The van der Waals surface area contributed by atoms with Crippen LogP contribution in [-0.4, -0.2) is 6.04 Å². The molecule has 0 spiro atoms. The number of benzene rings is 2. The van der Waals surface area contributed by atoms with Gasteiger partial charge in [-0.2, -0.15) is 0 Å². The first-order valence-electron chi connectivity index (χ1n) is 6.92. The highest BCUT2D eigenvalue weighted by atomic mass is 35.5. The Bertz CT molecular complexity index is 635. The van der Waals surface area contributed by atoms with Gasteiger partial charge in [0.2, 0.25) is 0 Å². The molecule has 1 saturated carbocycles. The maximum absolute atomic E-state index is 13.8. The zero-order chi connectivity index (χ0) is 14.1. The van der Waals surface area contributed by atoms with Crippen LogP contribution in [0.2, 0.25) is 5.02 Å². The Hall–Kier alpha value is -1.38. The fourth-order valence-corrected chi connectivity index (χ4v) is 2.57. The Morgan fingerprint density at radius 1 is 1.20 bits per heavy atom. The number of halogens is 2. The summed E-state index contributed by atoms with van der Waals surface area (Å²) in [7, 11) is 0. The van der Waals surface area contributed by atoms with E-state index in [2.05, 4.69) is 5.32 Å². The molecule has 0 saturated heterocycles. The van der Waals surface area contributed by atoms with E-state index in [0.29, 0.717) is 16.6 Å². The van der Waals surface area contributed by atoms with Crippen LogP contribution in [-0.2, 0) is 6.54 Å². The molecule has 0 amide bonds. The average molecular weight is 290 g/mol. The Balaban J connectivity index is 2.01. The third-order valence-corrected chi connectivity index (χ3v) is 4.02. The minimum atomic E-state index is -0.177. The van der Waals surface area contributed by atoms with Gasteiger partial charge in [-0.05, 0) is 60.2 Å². The summed E-state index contributed by atoms with van der Waals surface area (Å²) in [5.74, 6) is -0.177. The fraction of sp³-hybridized carbons (Fsp3) is 0.294. The SMILES string of the molecule is Cc1c(F)cccc1-c1cc(Cl)ccc1CNC1CC1. The Kier molecular flexibility index (Phi) is 3.77. The minimum Gasteiger partial charge on any atom is -0.310 e. The first kappa shape index (κ1) is 13.6. The van der Waals surface area contributed by atoms with Gasteiger partial charge >= 0.3 is 0 Å². The predicted molar refractivity (Wildman–Crippen MR) is 81.4 cm³/mol. The van der Waals surface area contributed by atoms with Crippen molar-refractivity contribution < 1.29 is 4.39 Å². The highest BCUT2D eigenvalue weighted by molar-refractivity contribution is 6.30. The highest BCUT2D eigenvalue weighted by Crippen LogP contribution is 2.31. The van der Waals surface area contributed by atoms with E-state index < -0.39 is 0 Å². The molecule has 2 aromatic carbocycles. The van der Waals surface area contributed by atoms with Gasteiger partial charge < -0.3 is 5.32 Å². The molecule has 2 aromatic rings. The summed E-state index contributed by atoms with van der Waals surface area (Å²) in [6.07, 6.45) is 2.50. The number of hydrogen-bond acceptors (Lipinski definition) is 1. The van der Waals surface area contributed by atoms with Gasteiger partial charge in [0.1, 0.15) is 5.82 Å². The van der Waals surface area contributed by atoms with Gasteiger partial charge in [0.25, 0.3) is 0 Å². The fourth-order valence-electron chi connectivity index (χ4n) is 2.39. The van der Waals surface area contributed by atoms with E-state index in [-0.39, 0.29) is 5.82 Å². The lowest BCUT2D eigenvalue weighted by Crippen LogP contribution is -2.16. The number of hydrogen-bond donors (Lipinski definition) is 1. The van der Waals surface area contributed by atoms with Crippen molar-refractivity contribution in [3.8, 4) is 11.1 Å². The van der Waals surface area contributed by atoms with Crippen LogP contribution in [0.1, 0.15) is 24.0 Å². The summed E-state index contributed by atoms with van der Waals surface area (Å²) >= 11 is 6.12. The molecule has 1 N–H and O–H groups in total. The summed E-state index contributed by atoms with van der Waals surface area (Å²) in [6, 6.07) is 11.7. The quantitative estimate of drug-likeness (QED) is 0.860. The van der Waals surface area contributed by atoms with Crippen LogP contribution in [0.3, 0.4) is 0 Å². The number of nitrogens with one attached hydrogen (secondary N) is 1. The topological polar surface area (TPSA) is 12.0 Å². The van der Waals surface area contributed by atoms with Gasteiger partial charge in [0.05, 0.1) is 0 Å². The van der Waals surface area contributed by atoms with Crippen molar-refractivity contribution >= 4 is 11.6 Å². The van der Waals surface area contributed by atoms with Gasteiger partial charge in [0, 0.05) is 17.6 Å². The maximum atomic E-state index is 13.8. The molecule has 3 heteroatoms. The van der Waals surface area contributed by atoms with Crippen molar-refractivity contribution in [3.63, 3.8) is 0 Å². The lowest BCUT2D eigenvalue weighted by Gasteiger charge is -2.14. The van der Waals surface area contributed by atoms with Crippen molar-refractivity contribution in [3.05, 3.63) is 58.4 Å². The largest absolute Gasteiger partial charge is 0.310 e. The van der Waals surface area contributed by atoms with Crippen molar-refractivity contribution in [2.45, 2.75) is 32.4 Å². The van der Waals surface area contributed by atoms with E-state index in [4.69, 9.17) is 11.6 Å². The second-order valence-corrected chi connectivity index (χ2v) is 5.81. The van der Waals surface area contributed by atoms with E-state index in [1.54, 1.807) is 6.07 Å². The lowest BCUT2D eigenvalue weighted by atomic mass is 9.95. The molecule has 0 unspecified atom stereocenters. The van der Waals surface area contributed by atoms with Crippen LogP contribution >= 0.6 is 11.6 Å². The molecule has 104 valence electrons. The van der Waals surface area contributed by atoms with Crippen LogP contribution in [0.25, 0.3) is 11.1 Å². The number of rotatable bonds is 4. The standard InChI is InChI=1S/C17H17ClFN/c1-11-15(3-2-4-17(11)19)16-9-13(18)6-5-12(16)10-20-14-7-8-14/h2-6,9,14,20H,7-8,10H2,1H3. The molecule has 0 aliphatic heterocycles. The van der Waals surface area contributed by atoms with E-state index in [1.807, 2.05) is 31.2 Å². The minimum absolute atomic E-state index is 0.177. The molecule has 3 rings (SSSR count). The van der Waals surface area contributed by atoms with Gasteiger partial charge in [0.15, 0.2) is 0 Å². The third kappa shape index (κ3) is 2.87. The predicted octanol–water partition coefficient (Wildman–Crippen LogP) is 4.71. The van der Waals surface area contributed by atoms with Crippen molar-refractivity contribution in [2.24, 2.45) is 0 Å². The van der Waals surface area contributed by atoms with Crippen molar-refractivity contribution in [2.75, 3.05) is 0 Å². The van der Waals surface area contributed by atoms with E-state index in [1.165, 1.54) is 18.9 Å². The third-order valence-electron chi connectivity index (χ3n) is 3.79. The molecule has 1 nitrogen and oxygen atoms in total. The molecule has 0 atom stereocenters. The van der Waals surface area contributed by atoms with Crippen LogP contribution in [0, 0.1) is 12.7 Å². The van der Waals surface area contributed by atoms with Gasteiger partial charge in [-0.3, -0.25) is 0 Å². The molecular weight excluding hydrogens is 273 g/mol. The Labute approximate surface area is 123 Å². The second-order valence-electron chi connectivity index (χ2n) is 5.37. The summed E-state index contributed by atoms with van der Waals surface area (Å²) < 4.78 is 13.8. The van der Waals surface area contributed by atoms with Gasteiger partial charge in [-0.15, -0.1) is 0 Å². The lowest BCUT2D eigenvalue weighted by molar-refractivity contribution is 0.619. The van der Waals surface area contributed by atoms with Crippen LogP contribution in [0.5, 0.6) is 0 Å². The Morgan fingerprint density at radius 2 is 2.00 bits per heavy atom. The van der Waals surface area contributed by atoms with Gasteiger partial charge in [-0.25, -0.2) is 4.39 Å². The summed E-state index contributed by atoms with van der Waals surface area (Å²) in [6.45, 7) is 2.61. The van der Waals surface area contributed by atoms with Crippen molar-refractivity contribution in [1.82, 2.24) is 5.32 Å². The summed E-state index contributed by atoms with van der Waals surface area (Å²) in [5, 5.41) is 4.18. The highest BCUT2D eigenvalue weighted by Gasteiger charge is 2.21. The smallest absolute Gasteiger partial charge is 0.126 e. The molecule has 0 radical (unpaired) electrons. The molecule has 0 aromatic heterocycles. The normalized spacial score (nSPS) is 14.6. The molecule has 0 heterocycles. The van der Waals surface area contributed by atoms with Gasteiger partial charge in [-0.1, -0.05) is 29.8 Å². The summed E-state index contributed by atoms with van der Waals surface area (Å²) in [4.78, 5) is 0. The van der Waals surface area contributed by atoms with E-state index >= 15 is 0 Å². The monoisotopic (exact) mass is 289 g/mol. The first-order valence-corrected chi connectivity index (χ1v) is 7.30. The van der Waals surface area contributed by atoms with Crippen LogP contribution in [0.4, 0.5) is 4.39 Å².